The van der Waals surface area contributed by atoms with Crippen LogP contribution >= 0.6 is 11.6 Å². The van der Waals surface area contributed by atoms with Gasteiger partial charge in [-0.1, -0.05) is 50.6 Å². The number of rotatable bonds is 3. The first-order valence-electron chi connectivity index (χ1n) is 7.43. The SMILES string of the molecule is CC(C)(C)c1cccc(C2CC2)c1Oc1n[nH]c(Cl)cc1=O. The van der Waals surface area contributed by atoms with Gasteiger partial charge in [0, 0.05) is 11.6 Å². The summed E-state index contributed by atoms with van der Waals surface area (Å²) in [7, 11) is 0. The molecule has 0 radical (unpaired) electrons. The lowest BCUT2D eigenvalue weighted by Crippen LogP contribution is -2.15. The zero-order valence-electron chi connectivity index (χ0n) is 12.9. The molecule has 0 aliphatic heterocycles. The van der Waals surface area contributed by atoms with Gasteiger partial charge in [0.2, 0.25) is 5.43 Å². The van der Waals surface area contributed by atoms with Crippen LogP contribution in [-0.2, 0) is 5.41 Å². The zero-order chi connectivity index (χ0) is 15.9. The van der Waals surface area contributed by atoms with Crippen LogP contribution in [0.4, 0.5) is 0 Å². The molecule has 1 saturated carbocycles. The highest BCUT2D eigenvalue weighted by Gasteiger charge is 2.31. The summed E-state index contributed by atoms with van der Waals surface area (Å²) in [5, 5.41) is 6.70. The Morgan fingerprint density at radius 3 is 2.64 bits per heavy atom. The number of benzene rings is 1. The molecule has 4 nitrogen and oxygen atoms in total. The second-order valence-electron chi connectivity index (χ2n) is 6.74. The van der Waals surface area contributed by atoms with Crippen LogP contribution in [0.2, 0.25) is 5.15 Å². The van der Waals surface area contributed by atoms with E-state index < -0.39 is 0 Å². The maximum atomic E-state index is 12.0. The summed E-state index contributed by atoms with van der Waals surface area (Å²) in [4.78, 5) is 12.0. The van der Waals surface area contributed by atoms with Crippen LogP contribution in [0.15, 0.2) is 29.1 Å². The Morgan fingerprint density at radius 1 is 1.32 bits per heavy atom. The number of ether oxygens (including phenoxy) is 1. The van der Waals surface area contributed by atoms with Gasteiger partial charge in [-0.15, -0.1) is 5.10 Å². The molecule has 1 fully saturated rings. The lowest BCUT2D eigenvalue weighted by molar-refractivity contribution is 0.424. The Labute approximate surface area is 134 Å². The minimum Gasteiger partial charge on any atom is -0.434 e. The highest BCUT2D eigenvalue weighted by Crippen LogP contribution is 2.48. The van der Waals surface area contributed by atoms with E-state index in [4.69, 9.17) is 16.3 Å². The van der Waals surface area contributed by atoms with Crippen molar-refractivity contribution in [2.75, 3.05) is 0 Å². The van der Waals surface area contributed by atoms with Crippen molar-refractivity contribution in [1.82, 2.24) is 10.2 Å². The second-order valence-corrected chi connectivity index (χ2v) is 7.14. The van der Waals surface area contributed by atoms with E-state index in [1.54, 1.807) is 0 Å². The summed E-state index contributed by atoms with van der Waals surface area (Å²) in [6.07, 6.45) is 2.32. The van der Waals surface area contributed by atoms with Crippen molar-refractivity contribution in [2.24, 2.45) is 0 Å². The Bertz CT molecular complexity index is 758. The molecule has 1 aromatic heterocycles. The molecule has 0 bridgehead atoms. The average Bonchev–Trinajstić information content (AvgIpc) is 3.25. The Hall–Kier alpha value is -1.81. The van der Waals surface area contributed by atoms with Gasteiger partial charge in [-0.3, -0.25) is 9.89 Å². The largest absolute Gasteiger partial charge is 0.434 e. The smallest absolute Gasteiger partial charge is 0.285 e. The molecule has 0 atom stereocenters. The van der Waals surface area contributed by atoms with Crippen molar-refractivity contribution in [3.8, 4) is 11.6 Å². The normalized spacial score (nSPS) is 14.9. The third-order valence-electron chi connectivity index (χ3n) is 3.80. The van der Waals surface area contributed by atoms with E-state index in [0.29, 0.717) is 5.92 Å². The van der Waals surface area contributed by atoms with Gasteiger partial charge in [-0.05, 0) is 29.7 Å². The van der Waals surface area contributed by atoms with Crippen molar-refractivity contribution in [2.45, 2.75) is 44.9 Å². The second kappa shape index (κ2) is 5.43. The van der Waals surface area contributed by atoms with Crippen LogP contribution < -0.4 is 10.2 Å². The standard InChI is InChI=1S/C17H19ClN2O2/c1-17(2,3)12-6-4-5-11(10-7-8-10)15(12)22-16-13(21)9-14(18)19-20-16/h4-6,9-10H,7-8H2,1-3H3,(H,19,21). The number of aromatic amines is 1. The number of H-pyrrole nitrogens is 1. The zero-order valence-corrected chi connectivity index (χ0v) is 13.7. The third kappa shape index (κ3) is 3.02. The number of halogens is 1. The fourth-order valence-corrected chi connectivity index (χ4v) is 2.65. The fraction of sp³-hybridized carbons (Fsp3) is 0.412. The molecule has 0 spiro atoms. The van der Waals surface area contributed by atoms with Crippen molar-refractivity contribution in [3.05, 3.63) is 50.8 Å². The molecule has 1 aliphatic carbocycles. The Balaban J connectivity index is 2.09. The van der Waals surface area contributed by atoms with E-state index in [1.165, 1.54) is 6.07 Å². The molecule has 0 amide bonds. The summed E-state index contributed by atoms with van der Waals surface area (Å²) in [5.41, 5.74) is 1.82. The van der Waals surface area contributed by atoms with Crippen LogP contribution in [0.3, 0.4) is 0 Å². The molecule has 1 aromatic carbocycles. The molecule has 2 aromatic rings. The van der Waals surface area contributed by atoms with E-state index in [1.807, 2.05) is 6.07 Å². The lowest BCUT2D eigenvalue weighted by atomic mass is 9.84. The first-order chi connectivity index (χ1) is 10.4. The summed E-state index contributed by atoms with van der Waals surface area (Å²) >= 11 is 5.74. The molecule has 1 heterocycles. The van der Waals surface area contributed by atoms with Crippen molar-refractivity contribution in [1.29, 1.82) is 0 Å². The highest BCUT2D eigenvalue weighted by atomic mass is 35.5. The molecule has 1 N–H and O–H groups in total. The van der Waals surface area contributed by atoms with Crippen LogP contribution in [0, 0.1) is 0 Å². The van der Waals surface area contributed by atoms with Gasteiger partial charge < -0.3 is 4.74 Å². The first kappa shape index (κ1) is 15.1. The summed E-state index contributed by atoms with van der Waals surface area (Å²) in [6.45, 7) is 6.39. The number of para-hydroxylation sites is 1. The van der Waals surface area contributed by atoms with Gasteiger partial charge in [0.1, 0.15) is 10.9 Å². The van der Waals surface area contributed by atoms with Crippen molar-refractivity contribution < 1.29 is 4.74 Å². The molecule has 5 heteroatoms. The fourth-order valence-electron chi connectivity index (χ4n) is 2.51. The lowest BCUT2D eigenvalue weighted by Gasteiger charge is -2.24. The maximum Gasteiger partial charge on any atom is 0.285 e. The van der Waals surface area contributed by atoms with E-state index in [0.717, 1.165) is 29.7 Å². The first-order valence-corrected chi connectivity index (χ1v) is 7.80. The highest BCUT2D eigenvalue weighted by molar-refractivity contribution is 6.29. The quantitative estimate of drug-likeness (QED) is 0.913. The number of aromatic nitrogens is 2. The van der Waals surface area contributed by atoms with Crippen LogP contribution in [0.25, 0.3) is 0 Å². The predicted molar refractivity (Wildman–Crippen MR) is 87.1 cm³/mol. The number of nitrogens with one attached hydrogen (secondary N) is 1. The molecule has 0 unspecified atom stereocenters. The van der Waals surface area contributed by atoms with Crippen LogP contribution in [-0.4, -0.2) is 10.2 Å². The number of hydrogen-bond acceptors (Lipinski definition) is 3. The summed E-state index contributed by atoms with van der Waals surface area (Å²) in [5.74, 6) is 1.31. The minimum absolute atomic E-state index is 0.0306. The molecule has 116 valence electrons. The van der Waals surface area contributed by atoms with Gasteiger partial charge in [0.25, 0.3) is 5.88 Å². The molecule has 22 heavy (non-hydrogen) atoms. The van der Waals surface area contributed by atoms with Crippen LogP contribution in [0.1, 0.15) is 50.7 Å². The van der Waals surface area contributed by atoms with E-state index in [9.17, 15) is 4.79 Å². The van der Waals surface area contributed by atoms with Gasteiger partial charge in [0.15, 0.2) is 0 Å². The van der Waals surface area contributed by atoms with Crippen molar-refractivity contribution >= 4 is 11.6 Å². The number of nitrogens with zero attached hydrogens (tertiary/aromatic N) is 1. The molecular weight excluding hydrogens is 300 g/mol. The summed E-state index contributed by atoms with van der Waals surface area (Å²) < 4.78 is 5.94. The van der Waals surface area contributed by atoms with E-state index in [-0.39, 0.29) is 21.9 Å². The predicted octanol–water partition coefficient (Wildman–Crippen LogP) is 4.39. The minimum atomic E-state index is -0.325. The van der Waals surface area contributed by atoms with E-state index in [2.05, 4.69) is 43.1 Å². The molecule has 0 saturated heterocycles. The Morgan fingerprint density at radius 2 is 2.05 bits per heavy atom. The third-order valence-corrected chi connectivity index (χ3v) is 4.00. The topological polar surface area (TPSA) is 55.0 Å². The number of hydrogen-bond donors (Lipinski definition) is 1. The average molecular weight is 319 g/mol. The monoisotopic (exact) mass is 318 g/mol. The van der Waals surface area contributed by atoms with Gasteiger partial charge in [-0.2, -0.15) is 0 Å². The molecular formula is C17H19ClN2O2. The maximum absolute atomic E-state index is 12.0. The summed E-state index contributed by atoms with van der Waals surface area (Å²) in [6, 6.07) is 7.46. The van der Waals surface area contributed by atoms with Gasteiger partial charge >= 0.3 is 0 Å². The molecule has 1 aliphatic rings. The molecule has 3 rings (SSSR count). The van der Waals surface area contributed by atoms with Gasteiger partial charge in [0.05, 0.1) is 0 Å². The Kier molecular flexibility index (Phi) is 3.73. The van der Waals surface area contributed by atoms with Crippen molar-refractivity contribution in [3.63, 3.8) is 0 Å². The van der Waals surface area contributed by atoms with Crippen LogP contribution in [0.5, 0.6) is 11.6 Å². The van der Waals surface area contributed by atoms with E-state index >= 15 is 0 Å². The van der Waals surface area contributed by atoms with Gasteiger partial charge in [-0.25, -0.2) is 0 Å².